The third kappa shape index (κ3) is 12.0. The number of aliphatic carboxylic acids is 1. The van der Waals surface area contributed by atoms with E-state index < -0.39 is 80.1 Å². The van der Waals surface area contributed by atoms with E-state index in [1.165, 1.54) is 62.6 Å². The molecule has 4 rings (SSSR count). The van der Waals surface area contributed by atoms with Crippen molar-refractivity contribution in [1.82, 2.24) is 14.3 Å². The molecule has 1 aliphatic rings. The van der Waals surface area contributed by atoms with Crippen molar-refractivity contribution < 1.29 is 69.7 Å². The van der Waals surface area contributed by atoms with Crippen LogP contribution in [0.25, 0.3) is 17.3 Å². The summed E-state index contributed by atoms with van der Waals surface area (Å²) in [5.74, 6) is -5.87. The quantitative estimate of drug-likeness (QED) is 0.154. The summed E-state index contributed by atoms with van der Waals surface area (Å²) in [4.78, 5) is 29.0. The topological polar surface area (TPSA) is 226 Å². The molecular formula is C38H47F2LiN6O9S2. The zero-order valence-electron chi connectivity index (χ0n) is 33.5. The number of aliphatic hydroxyl groups excluding tert-OH is 3. The fourth-order valence-corrected chi connectivity index (χ4v) is 7.76. The Morgan fingerprint density at radius 2 is 1.45 bits per heavy atom. The molecule has 2 aromatic carbocycles. The van der Waals surface area contributed by atoms with Gasteiger partial charge < -0.3 is 25.2 Å². The van der Waals surface area contributed by atoms with Gasteiger partial charge in [-0.3, -0.25) is 0 Å². The molecule has 15 nitrogen and oxygen atoms in total. The van der Waals surface area contributed by atoms with Crippen molar-refractivity contribution in [2.45, 2.75) is 70.8 Å². The van der Waals surface area contributed by atoms with Crippen molar-refractivity contribution >= 4 is 49.7 Å². The molecule has 3 aromatic rings. The van der Waals surface area contributed by atoms with Crippen LogP contribution in [0.4, 0.5) is 14.7 Å². The van der Waals surface area contributed by atoms with Crippen molar-refractivity contribution in [1.29, 1.82) is 0 Å². The Morgan fingerprint density at radius 1 is 0.897 bits per heavy atom. The zero-order valence-corrected chi connectivity index (χ0v) is 35.1. The maximum Gasteiger partial charge on any atom is 1.00 e. The maximum atomic E-state index is 14.2. The van der Waals surface area contributed by atoms with Crippen molar-refractivity contribution in [2.24, 2.45) is 21.8 Å². The van der Waals surface area contributed by atoms with Gasteiger partial charge in [0.25, 0.3) is 0 Å². The number of sulfonamides is 2. The summed E-state index contributed by atoms with van der Waals surface area (Å²) in [7, 11) is -5.88. The van der Waals surface area contributed by atoms with Gasteiger partial charge in [-0.05, 0) is 53.8 Å². The Balaban J connectivity index is 0.00000900. The number of carbonyl (C=O) groups excluding carboxylic acids is 1. The van der Waals surface area contributed by atoms with Crippen LogP contribution in [0.2, 0.25) is 0 Å². The van der Waals surface area contributed by atoms with E-state index in [2.05, 4.69) is 20.0 Å². The molecule has 3 unspecified atom stereocenters. The summed E-state index contributed by atoms with van der Waals surface area (Å²) in [6.07, 6.45) is -1.71. The summed E-state index contributed by atoms with van der Waals surface area (Å²) >= 11 is 0. The molecule has 0 fully saturated rings. The van der Waals surface area contributed by atoms with Gasteiger partial charge in [0.1, 0.15) is 11.6 Å². The first-order valence-electron chi connectivity index (χ1n) is 17.9. The zero-order chi connectivity index (χ0) is 42.6. The Labute approximate surface area is 349 Å². The number of carboxylic acid groups (broad SMARTS) is 1. The summed E-state index contributed by atoms with van der Waals surface area (Å²) < 4.78 is 83.1. The number of guanidine groups is 1. The summed E-state index contributed by atoms with van der Waals surface area (Å²) in [6, 6.07) is 9.41. The molecular weight excluding hydrogens is 794 g/mol. The molecule has 0 amide bonds. The first-order valence-corrected chi connectivity index (χ1v) is 21.4. The van der Waals surface area contributed by atoms with Crippen molar-refractivity contribution in [3.05, 3.63) is 83.1 Å². The van der Waals surface area contributed by atoms with E-state index in [1.54, 1.807) is 27.7 Å². The molecule has 58 heavy (non-hydrogen) atoms. The van der Waals surface area contributed by atoms with E-state index in [4.69, 9.17) is 0 Å². The van der Waals surface area contributed by atoms with Gasteiger partial charge >= 0.3 is 18.9 Å². The number of nitrogens with zero attached hydrogens (tertiary/aromatic N) is 6. The SMILES string of the molecule is CC(C)c1nc(N(C)S(=O)(=O)CC(O)C2C(c3ccc(F)cc3)=NC(N(C)S(C)(=O)=O)=NC2C(C)C)nc(-c2ccc(F)cc2)c1/C=C/[C@H](O)C[C@H](O)CC(=O)[O-].[Li+]. The summed E-state index contributed by atoms with van der Waals surface area (Å²) in [5, 5.41) is 43.3. The van der Waals surface area contributed by atoms with E-state index >= 15 is 0 Å². The minimum atomic E-state index is -4.50. The Kier molecular flexibility index (Phi) is 16.5. The normalized spacial score (nSPS) is 17.7. The number of aliphatic imine (C=N–C) groups is 2. The predicted octanol–water partition coefficient (Wildman–Crippen LogP) is -0.668. The minimum absolute atomic E-state index is 0. The average Bonchev–Trinajstić information content (AvgIpc) is 3.12. The first-order chi connectivity index (χ1) is 26.5. The number of halogens is 2. The van der Waals surface area contributed by atoms with Gasteiger partial charge in [-0.15, -0.1) is 0 Å². The summed E-state index contributed by atoms with van der Waals surface area (Å²) in [6.45, 7) is 7.08. The van der Waals surface area contributed by atoms with E-state index in [9.17, 15) is 50.8 Å². The number of anilines is 1. The predicted molar refractivity (Wildman–Crippen MR) is 210 cm³/mol. The standard InChI is InChI=1S/C38H48F2N6O9S2.Li/c1-21(2)33-29(17-16-27(47)18-28(48)19-31(50)51)35(23-8-12-25(39)13-9-23)43-38(41-33)46(6)57(54,55)20-30(49)32-34(22(3)4)42-37(45(5)56(7,52)53)44-36(32)24-10-14-26(40)15-11-24;/h8-17,21-22,27-28,30,32,34,47-49H,18-20H2,1-7H3,(H,50,51);/q;+1/p-1/b17-16+;/t27-,28-,30?,32?,34?;/m0./s1. The number of carboxylic acids is 1. The number of aliphatic hydroxyl groups is 3. The molecule has 310 valence electrons. The van der Waals surface area contributed by atoms with Gasteiger partial charge in [0, 0.05) is 44.0 Å². The van der Waals surface area contributed by atoms with Crippen LogP contribution in [0.5, 0.6) is 0 Å². The van der Waals surface area contributed by atoms with Crippen molar-refractivity contribution in [3.8, 4) is 11.3 Å². The number of carbonyl (C=O) groups is 1. The fraction of sp³-hybridized carbons (Fsp3) is 0.447. The molecule has 1 aliphatic heterocycles. The monoisotopic (exact) mass is 840 g/mol. The molecule has 5 atom stereocenters. The van der Waals surface area contributed by atoms with Gasteiger partial charge in [-0.2, -0.15) is 0 Å². The molecule has 0 spiro atoms. The van der Waals surface area contributed by atoms with Crippen LogP contribution in [0.1, 0.15) is 63.3 Å². The number of hydrogen-bond acceptors (Lipinski definition) is 13. The van der Waals surface area contributed by atoms with Crippen LogP contribution < -0.4 is 28.3 Å². The van der Waals surface area contributed by atoms with Crippen molar-refractivity contribution in [2.75, 3.05) is 30.4 Å². The van der Waals surface area contributed by atoms with Crippen LogP contribution in [-0.4, -0.2) is 115 Å². The molecule has 1 aromatic heterocycles. The van der Waals surface area contributed by atoms with Gasteiger partial charge in [-0.1, -0.05) is 52.0 Å². The van der Waals surface area contributed by atoms with Gasteiger partial charge in [-0.25, -0.2) is 54.2 Å². The molecule has 0 bridgehead atoms. The number of benzene rings is 2. The van der Waals surface area contributed by atoms with Crippen LogP contribution in [0.15, 0.2) is 64.6 Å². The molecule has 20 heteroatoms. The summed E-state index contributed by atoms with van der Waals surface area (Å²) in [5.41, 5.74) is 1.56. The Hall–Kier alpha value is -4.09. The van der Waals surface area contributed by atoms with Gasteiger partial charge in [0.2, 0.25) is 32.0 Å². The number of hydrogen-bond donors (Lipinski definition) is 3. The van der Waals surface area contributed by atoms with E-state index in [1.807, 2.05) is 0 Å². The van der Waals surface area contributed by atoms with Crippen molar-refractivity contribution in [3.63, 3.8) is 0 Å². The second-order valence-corrected chi connectivity index (χ2v) is 18.5. The third-order valence-corrected chi connectivity index (χ3v) is 12.2. The van der Waals surface area contributed by atoms with Gasteiger partial charge in [0.05, 0.1) is 59.4 Å². The number of aromatic nitrogens is 2. The minimum Gasteiger partial charge on any atom is -0.550 e. The van der Waals surface area contributed by atoms with E-state index in [0.717, 1.165) is 27.0 Å². The molecule has 0 saturated carbocycles. The van der Waals surface area contributed by atoms with Crippen LogP contribution >= 0.6 is 0 Å². The van der Waals surface area contributed by atoms with Crippen LogP contribution in [0, 0.1) is 23.5 Å². The molecule has 2 heterocycles. The van der Waals surface area contributed by atoms with Gasteiger partial charge in [0.15, 0.2) is 0 Å². The van der Waals surface area contributed by atoms with E-state index in [0.29, 0.717) is 22.4 Å². The Bertz CT molecular complexity index is 2240. The average molecular weight is 841 g/mol. The molecule has 0 aliphatic carbocycles. The van der Waals surface area contributed by atoms with Crippen LogP contribution in [-0.2, 0) is 24.8 Å². The second-order valence-electron chi connectivity index (χ2n) is 14.5. The Morgan fingerprint density at radius 3 is 1.95 bits per heavy atom. The van der Waals surface area contributed by atoms with Crippen LogP contribution in [0.3, 0.4) is 0 Å². The molecule has 0 saturated heterocycles. The number of rotatable bonds is 16. The molecule has 0 radical (unpaired) electrons. The maximum absolute atomic E-state index is 14.2. The second kappa shape index (κ2) is 19.8. The fourth-order valence-electron chi connectivity index (χ4n) is 6.18. The molecule has 3 N–H and O–H groups in total. The largest absolute Gasteiger partial charge is 1.00 e. The smallest absolute Gasteiger partial charge is 0.550 e. The first kappa shape index (κ1) is 48.3. The third-order valence-electron chi connectivity index (χ3n) is 9.29. The van der Waals surface area contributed by atoms with E-state index in [-0.39, 0.29) is 60.4 Å².